The van der Waals surface area contributed by atoms with E-state index in [0.717, 1.165) is 5.56 Å². The summed E-state index contributed by atoms with van der Waals surface area (Å²) in [7, 11) is 0. The first-order valence-corrected chi connectivity index (χ1v) is 8.76. The SMILES string of the molecule is O=C1N/C(=N/N=C\c2ccco2)S[C@H]1Cc1cccc2ccccc12. The molecular formula is C19H15N3O2S. The van der Waals surface area contributed by atoms with Crippen molar-refractivity contribution >= 4 is 39.8 Å². The fourth-order valence-corrected chi connectivity index (χ4v) is 3.71. The van der Waals surface area contributed by atoms with Crippen molar-refractivity contribution in [1.29, 1.82) is 0 Å². The summed E-state index contributed by atoms with van der Waals surface area (Å²) in [5, 5.41) is 13.5. The van der Waals surface area contributed by atoms with E-state index in [0.29, 0.717) is 17.3 Å². The van der Waals surface area contributed by atoms with Crippen molar-refractivity contribution in [2.75, 3.05) is 0 Å². The number of fused-ring (bicyclic) bond motifs is 1. The summed E-state index contributed by atoms with van der Waals surface area (Å²) >= 11 is 1.40. The second-order valence-electron chi connectivity index (χ2n) is 5.60. The Balaban J connectivity index is 1.49. The standard InChI is InChI=1S/C19H15N3O2S/c23-18-17(11-14-7-3-6-13-5-1-2-9-16(13)14)25-19(21-18)22-20-12-15-8-4-10-24-15/h1-10,12,17H,11H2,(H,21,22,23)/b20-12-/t17-/m0/s1. The van der Waals surface area contributed by atoms with Gasteiger partial charge in [-0.1, -0.05) is 54.2 Å². The molecule has 2 heterocycles. The molecule has 1 atom stereocenters. The first-order valence-electron chi connectivity index (χ1n) is 7.88. The largest absolute Gasteiger partial charge is 0.463 e. The molecule has 1 saturated heterocycles. The van der Waals surface area contributed by atoms with E-state index in [2.05, 4.69) is 39.8 Å². The minimum Gasteiger partial charge on any atom is -0.463 e. The van der Waals surface area contributed by atoms with Gasteiger partial charge in [-0.15, -0.1) is 5.10 Å². The summed E-state index contributed by atoms with van der Waals surface area (Å²) in [5.74, 6) is 0.580. The molecule has 3 aromatic rings. The summed E-state index contributed by atoms with van der Waals surface area (Å²) in [6.45, 7) is 0. The van der Waals surface area contributed by atoms with Gasteiger partial charge in [-0.25, -0.2) is 0 Å². The average molecular weight is 349 g/mol. The minimum absolute atomic E-state index is 0.0371. The third-order valence-electron chi connectivity index (χ3n) is 3.94. The molecule has 1 aromatic heterocycles. The highest BCUT2D eigenvalue weighted by atomic mass is 32.2. The van der Waals surface area contributed by atoms with Crippen LogP contribution in [0.5, 0.6) is 0 Å². The average Bonchev–Trinajstić information content (AvgIpc) is 3.26. The van der Waals surface area contributed by atoms with Gasteiger partial charge in [0.05, 0.1) is 17.7 Å². The maximum Gasteiger partial charge on any atom is 0.239 e. The van der Waals surface area contributed by atoms with Crippen molar-refractivity contribution in [1.82, 2.24) is 5.32 Å². The zero-order valence-electron chi connectivity index (χ0n) is 13.3. The molecular weight excluding hydrogens is 334 g/mol. The monoisotopic (exact) mass is 349 g/mol. The number of carbonyl (C=O) groups is 1. The van der Waals surface area contributed by atoms with E-state index in [1.54, 1.807) is 18.4 Å². The van der Waals surface area contributed by atoms with Crippen molar-refractivity contribution in [3.05, 3.63) is 72.2 Å². The molecule has 25 heavy (non-hydrogen) atoms. The van der Waals surface area contributed by atoms with Gasteiger partial charge in [0.15, 0.2) is 5.17 Å². The molecule has 0 aliphatic carbocycles. The second-order valence-corrected chi connectivity index (χ2v) is 6.79. The number of hydrogen-bond acceptors (Lipinski definition) is 5. The Morgan fingerprint density at radius 3 is 2.88 bits per heavy atom. The summed E-state index contributed by atoms with van der Waals surface area (Å²) in [6.07, 6.45) is 3.73. The van der Waals surface area contributed by atoms with Gasteiger partial charge in [0, 0.05) is 0 Å². The summed E-state index contributed by atoms with van der Waals surface area (Å²) in [5.41, 5.74) is 1.16. The topological polar surface area (TPSA) is 67.0 Å². The van der Waals surface area contributed by atoms with Crippen molar-refractivity contribution < 1.29 is 9.21 Å². The van der Waals surface area contributed by atoms with Crippen molar-refractivity contribution in [2.24, 2.45) is 10.2 Å². The highest BCUT2D eigenvalue weighted by molar-refractivity contribution is 8.15. The predicted octanol–water partition coefficient (Wildman–Crippen LogP) is 3.60. The Bertz CT molecular complexity index is 958. The Kier molecular flexibility index (Phi) is 4.35. The van der Waals surface area contributed by atoms with Gasteiger partial charge in [0.2, 0.25) is 5.91 Å². The molecule has 124 valence electrons. The third kappa shape index (κ3) is 3.49. The maximum absolute atomic E-state index is 12.2. The van der Waals surface area contributed by atoms with Crippen LogP contribution in [0.2, 0.25) is 0 Å². The Labute approximate surface area is 148 Å². The van der Waals surface area contributed by atoms with E-state index < -0.39 is 0 Å². The Morgan fingerprint density at radius 1 is 1.12 bits per heavy atom. The number of carbonyl (C=O) groups excluding carboxylic acids is 1. The predicted molar refractivity (Wildman–Crippen MR) is 101 cm³/mol. The summed E-state index contributed by atoms with van der Waals surface area (Å²) in [6, 6.07) is 17.9. The molecule has 1 fully saturated rings. The van der Waals surface area contributed by atoms with E-state index >= 15 is 0 Å². The van der Waals surface area contributed by atoms with Crippen LogP contribution in [0, 0.1) is 0 Å². The lowest BCUT2D eigenvalue weighted by Gasteiger charge is -2.09. The fraction of sp³-hybridized carbons (Fsp3) is 0.105. The minimum atomic E-state index is -0.205. The van der Waals surface area contributed by atoms with Crippen LogP contribution in [0.15, 0.2) is 75.5 Å². The molecule has 5 nitrogen and oxygen atoms in total. The van der Waals surface area contributed by atoms with Crippen molar-refractivity contribution in [3.63, 3.8) is 0 Å². The van der Waals surface area contributed by atoms with Crippen LogP contribution in [0.4, 0.5) is 0 Å². The molecule has 2 aromatic carbocycles. The van der Waals surface area contributed by atoms with E-state index in [1.165, 1.54) is 28.7 Å². The van der Waals surface area contributed by atoms with Crippen LogP contribution in [0.3, 0.4) is 0 Å². The van der Waals surface area contributed by atoms with Crippen LogP contribution < -0.4 is 5.32 Å². The third-order valence-corrected chi connectivity index (χ3v) is 5.01. The van der Waals surface area contributed by atoms with Gasteiger partial charge in [-0.3, -0.25) is 4.79 Å². The normalized spacial score (nSPS) is 19.1. The lowest BCUT2D eigenvalue weighted by atomic mass is 10.0. The molecule has 0 radical (unpaired) electrons. The van der Waals surface area contributed by atoms with Crippen molar-refractivity contribution in [3.8, 4) is 0 Å². The van der Waals surface area contributed by atoms with Gasteiger partial charge < -0.3 is 9.73 Å². The lowest BCUT2D eigenvalue weighted by Crippen LogP contribution is -2.26. The second kappa shape index (κ2) is 6.94. The quantitative estimate of drug-likeness (QED) is 0.578. The molecule has 1 amide bonds. The fourth-order valence-electron chi connectivity index (χ4n) is 2.76. The van der Waals surface area contributed by atoms with Crippen LogP contribution >= 0.6 is 11.8 Å². The number of amidine groups is 1. The van der Waals surface area contributed by atoms with Gasteiger partial charge >= 0.3 is 0 Å². The Morgan fingerprint density at radius 2 is 2.00 bits per heavy atom. The number of amides is 1. The van der Waals surface area contributed by atoms with Gasteiger partial charge in [0.25, 0.3) is 0 Å². The number of nitrogens with one attached hydrogen (secondary N) is 1. The number of furan rings is 1. The molecule has 0 bridgehead atoms. The molecule has 6 heteroatoms. The van der Waals surface area contributed by atoms with Crippen LogP contribution in [0.25, 0.3) is 10.8 Å². The van der Waals surface area contributed by atoms with E-state index in [-0.39, 0.29) is 11.2 Å². The number of benzene rings is 2. The molecule has 1 aliphatic heterocycles. The zero-order chi connectivity index (χ0) is 17.1. The van der Waals surface area contributed by atoms with Gasteiger partial charge in [0.1, 0.15) is 5.76 Å². The molecule has 0 spiro atoms. The molecule has 4 rings (SSSR count). The molecule has 1 aliphatic rings. The van der Waals surface area contributed by atoms with E-state index in [4.69, 9.17) is 4.42 Å². The zero-order valence-corrected chi connectivity index (χ0v) is 14.1. The van der Waals surface area contributed by atoms with Gasteiger partial charge in [-0.05, 0) is 34.9 Å². The number of nitrogens with zero attached hydrogens (tertiary/aromatic N) is 2. The van der Waals surface area contributed by atoms with Crippen LogP contribution in [-0.4, -0.2) is 22.5 Å². The number of thioether (sulfide) groups is 1. The highest BCUT2D eigenvalue weighted by Crippen LogP contribution is 2.27. The first kappa shape index (κ1) is 15.7. The highest BCUT2D eigenvalue weighted by Gasteiger charge is 2.30. The van der Waals surface area contributed by atoms with Crippen molar-refractivity contribution in [2.45, 2.75) is 11.7 Å². The molecule has 0 saturated carbocycles. The van der Waals surface area contributed by atoms with Gasteiger partial charge in [-0.2, -0.15) is 5.10 Å². The van der Waals surface area contributed by atoms with E-state index in [1.807, 2.05) is 18.2 Å². The Hall–Kier alpha value is -2.86. The van der Waals surface area contributed by atoms with Crippen LogP contribution in [0.1, 0.15) is 11.3 Å². The first-order chi connectivity index (χ1) is 12.3. The maximum atomic E-state index is 12.2. The lowest BCUT2D eigenvalue weighted by molar-refractivity contribution is -0.118. The number of hydrogen-bond donors (Lipinski definition) is 1. The molecule has 1 N–H and O–H groups in total. The molecule has 0 unspecified atom stereocenters. The summed E-state index contributed by atoms with van der Waals surface area (Å²) < 4.78 is 5.15. The summed E-state index contributed by atoms with van der Waals surface area (Å²) in [4.78, 5) is 12.2. The smallest absolute Gasteiger partial charge is 0.239 e. The van der Waals surface area contributed by atoms with E-state index in [9.17, 15) is 4.79 Å². The van der Waals surface area contributed by atoms with Crippen LogP contribution in [-0.2, 0) is 11.2 Å². The number of rotatable bonds is 4.